The molecule has 0 aliphatic heterocycles. The third-order valence-corrected chi connectivity index (χ3v) is 22.0. The van der Waals surface area contributed by atoms with Crippen LogP contribution in [0.3, 0.4) is 0 Å². The van der Waals surface area contributed by atoms with Crippen LogP contribution in [0.1, 0.15) is 306 Å². The normalized spacial score (nSPS) is 10.7. The molecular weight excluding hydrogens is 1740 g/mol. The first-order chi connectivity index (χ1) is 54.7. The molecule has 2 aromatic heterocycles. The van der Waals surface area contributed by atoms with Crippen molar-refractivity contribution in [1.82, 2.24) is 14.8 Å². The topological polar surface area (TPSA) is 49.2 Å². The molecule has 17 heteroatoms. The second kappa shape index (κ2) is 60.1. The standard InChI is InChI=1S/C11H15ClS.C10H13BrO.C10H11F3.C10H14O.C9H11Br.2C9H10Cl2.C9H16N2.C9H12.C8H10ClN.C6H14/c1-4-13-10-7-5-6-9(12)11(10)8(2)3;1-7(2)9-6-8(11)4-5-10(9)12-3;1-7(2)8-5-3-4-6-9(8)10(11,12)13;1-8(2)9-6-4-5-7-10(9)11-3;1-7(2)8-5-3-4-6-9(8)10;1-6(2)7-3-8(10)5-9(11)4-7;1-6(2)8-5-7(10)3-4-9(8)11;1-5-11-6-9(7(2)3)8(4)10-11;1-8(2)9-6-4-3-5-7-9;1-6(2)7-5-10-4-3-8(7)9;1-5(2)6(3)4/h5-8H,4H2,1-3H3;4-7H,1-3H3;3-7H,1-2H3;4-8H,1-3H3;3-7H,1-2H3;2*3-6H,1-2H3;6-7H,5H2,1-4H3;3-8H,1-2H3;3-6H,1-2H3;5-6H,1-4H3. The predicted octanol–water partition coefficient (Wildman–Crippen LogP) is 36.9. The molecule has 0 unspecified atom stereocenters. The van der Waals surface area contributed by atoms with E-state index < -0.39 is 11.7 Å². The van der Waals surface area contributed by atoms with Crippen LogP contribution in [0.25, 0.3) is 0 Å². The number of methoxy groups -OCH3 is 2. The molecule has 0 saturated carbocycles. The number of aromatic nitrogens is 3. The van der Waals surface area contributed by atoms with Gasteiger partial charge < -0.3 is 9.47 Å². The van der Waals surface area contributed by atoms with Crippen molar-refractivity contribution in [3.8, 4) is 11.5 Å². The Balaban J connectivity index is 0.00000127. The summed E-state index contributed by atoms with van der Waals surface area (Å²) in [7, 11) is 3.41. The minimum Gasteiger partial charge on any atom is -0.496 e. The number of hydrogen-bond donors (Lipinski definition) is 0. The lowest BCUT2D eigenvalue weighted by Gasteiger charge is -2.14. The fraction of sp³-hybridized carbons (Fsp3) is 0.440. The first-order valence-electron chi connectivity index (χ1n) is 40.6. The van der Waals surface area contributed by atoms with Crippen LogP contribution >= 0.6 is 113 Å². The van der Waals surface area contributed by atoms with E-state index in [0.717, 1.165) is 77.4 Å². The van der Waals surface area contributed by atoms with E-state index in [1.54, 1.807) is 52.5 Å². The lowest BCUT2D eigenvalue weighted by Crippen LogP contribution is -2.09. The molecule has 0 atom stereocenters. The number of aryl methyl sites for hydroxylation is 2. The Hall–Kier alpha value is -5.44. The van der Waals surface area contributed by atoms with Crippen molar-refractivity contribution in [2.24, 2.45) is 11.8 Å². The van der Waals surface area contributed by atoms with Gasteiger partial charge in [0.1, 0.15) is 11.5 Å². The Morgan fingerprint density at radius 3 is 1.24 bits per heavy atom. The Morgan fingerprint density at radius 1 is 0.402 bits per heavy atom. The fourth-order valence-electron chi connectivity index (χ4n) is 10.6. The number of rotatable bonds is 16. The van der Waals surface area contributed by atoms with Gasteiger partial charge in [0.25, 0.3) is 0 Å². The van der Waals surface area contributed by atoms with E-state index in [-0.39, 0.29) is 5.92 Å². The second-order valence-electron chi connectivity index (χ2n) is 31.6. The van der Waals surface area contributed by atoms with Crippen molar-refractivity contribution in [3.63, 3.8) is 0 Å². The van der Waals surface area contributed by atoms with E-state index in [2.05, 4.69) is 282 Å². The lowest BCUT2D eigenvalue weighted by molar-refractivity contribution is -0.138. The van der Waals surface area contributed by atoms with E-state index >= 15 is 0 Å². The van der Waals surface area contributed by atoms with Crippen molar-refractivity contribution < 1.29 is 22.6 Å². The molecule has 0 fully saturated rings. The second-order valence-corrected chi connectivity index (χ2v) is 37.2. The average Bonchev–Trinajstić information content (AvgIpc) is 1.25. The summed E-state index contributed by atoms with van der Waals surface area (Å²) in [6.07, 6.45) is 1.42. The molecule has 646 valence electrons. The molecule has 0 spiro atoms. The third-order valence-electron chi connectivity index (χ3n) is 18.2. The van der Waals surface area contributed by atoms with Crippen LogP contribution in [0.4, 0.5) is 13.2 Å². The van der Waals surface area contributed by atoms with Crippen molar-refractivity contribution >= 4 is 113 Å². The van der Waals surface area contributed by atoms with Gasteiger partial charge in [-0.05, 0) is 237 Å². The molecule has 0 radical (unpaired) electrons. The maximum absolute atomic E-state index is 12.4. The molecule has 0 aliphatic carbocycles. The summed E-state index contributed by atoms with van der Waals surface area (Å²) in [5.74, 6) is 9.42. The third kappa shape index (κ3) is 45.3. The van der Waals surface area contributed by atoms with Gasteiger partial charge in [0.15, 0.2) is 0 Å². The number of thioether (sulfide) groups is 1. The van der Waals surface area contributed by atoms with Crippen molar-refractivity contribution in [1.29, 1.82) is 0 Å². The van der Waals surface area contributed by atoms with Gasteiger partial charge in [-0.15, -0.1) is 11.8 Å². The first kappa shape index (κ1) is 112. The Morgan fingerprint density at radius 2 is 0.863 bits per heavy atom. The van der Waals surface area contributed by atoms with Gasteiger partial charge in [-0.2, -0.15) is 18.3 Å². The van der Waals surface area contributed by atoms with E-state index in [9.17, 15) is 13.2 Å². The molecule has 0 aliphatic rings. The molecule has 0 amide bonds. The van der Waals surface area contributed by atoms with E-state index in [0.29, 0.717) is 68.9 Å². The van der Waals surface area contributed by atoms with Gasteiger partial charge in [0, 0.05) is 69.1 Å². The molecule has 8 aromatic carbocycles. The summed E-state index contributed by atoms with van der Waals surface area (Å²) in [5.41, 5.74) is 12.4. The van der Waals surface area contributed by atoms with E-state index in [1.807, 2.05) is 108 Å². The number of nitrogens with zero attached hydrogens (tertiary/aromatic N) is 3. The van der Waals surface area contributed by atoms with Crippen LogP contribution < -0.4 is 9.47 Å². The number of para-hydroxylation sites is 1. The van der Waals surface area contributed by atoms with Gasteiger partial charge in [-0.1, -0.05) is 366 Å². The molecule has 0 saturated heterocycles. The number of halogens is 11. The van der Waals surface area contributed by atoms with Gasteiger partial charge in [-0.3, -0.25) is 9.67 Å². The Kier molecular flexibility index (Phi) is 57.3. The zero-order valence-electron chi connectivity index (χ0n) is 75.1. The van der Waals surface area contributed by atoms with Crippen LogP contribution in [-0.2, 0) is 12.7 Å². The van der Waals surface area contributed by atoms with Crippen LogP contribution in [0.5, 0.6) is 11.5 Å². The number of alkyl halides is 3. The highest BCUT2D eigenvalue weighted by Gasteiger charge is 2.33. The summed E-state index contributed by atoms with van der Waals surface area (Å²) in [6, 6.07) is 57.9. The molecule has 117 heavy (non-hydrogen) atoms. The highest BCUT2D eigenvalue weighted by Crippen LogP contribution is 2.37. The highest BCUT2D eigenvalue weighted by atomic mass is 79.9. The maximum Gasteiger partial charge on any atom is 0.416 e. The minimum absolute atomic E-state index is 0.0992. The van der Waals surface area contributed by atoms with Gasteiger partial charge in [-0.25, -0.2) is 0 Å². The largest absolute Gasteiger partial charge is 0.496 e. The number of hydrogen-bond acceptors (Lipinski definition) is 5. The van der Waals surface area contributed by atoms with Crippen molar-refractivity contribution in [3.05, 3.63) is 307 Å². The summed E-state index contributed by atoms with van der Waals surface area (Å²) >= 11 is 44.2. The summed E-state index contributed by atoms with van der Waals surface area (Å²) in [6.45, 7) is 58.6. The Labute approximate surface area is 757 Å². The fourth-order valence-corrected chi connectivity index (χ4v) is 14.6. The van der Waals surface area contributed by atoms with Crippen LogP contribution in [-0.4, -0.2) is 34.7 Å². The monoisotopic (exact) mass is 1870 g/mol. The van der Waals surface area contributed by atoms with E-state index in [4.69, 9.17) is 79.1 Å². The minimum atomic E-state index is -4.24. The zero-order valence-corrected chi connectivity index (χ0v) is 83.6. The summed E-state index contributed by atoms with van der Waals surface area (Å²) in [5, 5.41) is 9.04. The Bertz CT molecular complexity index is 4260. The summed E-state index contributed by atoms with van der Waals surface area (Å²) < 4.78 is 52.0. The van der Waals surface area contributed by atoms with Crippen LogP contribution in [0, 0.1) is 18.8 Å². The molecule has 5 nitrogen and oxygen atoms in total. The van der Waals surface area contributed by atoms with Gasteiger partial charge in [0.2, 0.25) is 0 Å². The zero-order chi connectivity index (χ0) is 89.6. The van der Waals surface area contributed by atoms with Gasteiger partial charge in [0.05, 0.1) is 25.5 Å². The smallest absolute Gasteiger partial charge is 0.416 e. The average molecular weight is 1870 g/mol. The number of benzene rings is 8. The van der Waals surface area contributed by atoms with Crippen LogP contribution in [0.2, 0.25) is 30.1 Å². The first-order valence-corrected chi connectivity index (χ1v) is 45.4. The molecule has 2 heterocycles. The SMILES string of the molecule is CC(C)C(C)C.CC(C)c1cc(Cl)cc(Cl)c1.CC(C)c1cc(Cl)ccc1Cl.CC(C)c1ccccc1.CC(C)c1ccccc1Br.CC(C)c1ccccc1C(F)(F)F.CC(C)c1cnccc1Cl.CCSc1cccc(Cl)c1C(C)C.CCn1cc(C(C)C)c(C)n1.COc1ccc(Br)cc1C(C)C.COc1ccccc1C(C)C. The maximum atomic E-state index is 12.4. The number of ether oxygens (including phenoxy) is 2. The molecule has 0 N–H and O–H groups in total. The van der Waals surface area contributed by atoms with Gasteiger partial charge >= 0.3 is 6.18 Å². The quantitative estimate of drug-likeness (QED) is 0.0903. The summed E-state index contributed by atoms with van der Waals surface area (Å²) in [4.78, 5) is 5.31. The highest BCUT2D eigenvalue weighted by molar-refractivity contribution is 9.10. The molecular formula is C100H136Br2Cl6F3N3O2S. The molecule has 10 rings (SSSR count). The lowest BCUT2D eigenvalue weighted by atomic mass is 9.97. The molecule has 10 aromatic rings. The predicted molar refractivity (Wildman–Crippen MR) is 519 cm³/mol. The van der Waals surface area contributed by atoms with Crippen molar-refractivity contribution in [2.45, 2.75) is 264 Å². The molecule has 0 bridgehead atoms. The number of pyridine rings is 1. The van der Waals surface area contributed by atoms with E-state index in [1.165, 1.54) is 66.1 Å². The van der Waals surface area contributed by atoms with Crippen LogP contribution in [0.15, 0.2) is 214 Å². The van der Waals surface area contributed by atoms with Crippen molar-refractivity contribution in [2.75, 3.05) is 20.0 Å².